The Hall–Kier alpha value is -2.35. The van der Waals surface area contributed by atoms with Crippen LogP contribution in [0, 0.1) is 25.7 Å². The molecule has 0 amide bonds. The van der Waals surface area contributed by atoms with Gasteiger partial charge in [-0.15, -0.1) is 0 Å². The number of aryl methyl sites for hydroxylation is 2. The van der Waals surface area contributed by atoms with E-state index in [-0.39, 0.29) is 50.9 Å². The van der Waals surface area contributed by atoms with Gasteiger partial charge in [-0.1, -0.05) is 95.9 Å². The van der Waals surface area contributed by atoms with E-state index in [2.05, 4.69) is 27.7 Å². The Morgan fingerprint density at radius 1 is 0.831 bits per heavy atom. The van der Waals surface area contributed by atoms with Gasteiger partial charge in [0.15, 0.2) is 6.10 Å². The number of phosphoric acid groups is 1. The number of hydrogen-bond donors (Lipinski definition) is 5. The number of furan rings is 1. The lowest BCUT2D eigenvalue weighted by Crippen LogP contribution is -2.29. The van der Waals surface area contributed by atoms with Gasteiger partial charge in [0, 0.05) is 44.6 Å². The summed E-state index contributed by atoms with van der Waals surface area (Å²) in [6.07, 6.45) is 21.4. The molecular formula is C45H78NO12P. The fraction of sp³-hybridized carbons (Fsp3) is 0.778. The van der Waals surface area contributed by atoms with Crippen LogP contribution in [0.1, 0.15) is 158 Å². The van der Waals surface area contributed by atoms with Crippen LogP contribution >= 0.6 is 7.82 Å². The number of unbranched alkanes of at least 4 members (excludes halogenated alkanes) is 10. The molecule has 1 unspecified atom stereocenters. The molecule has 0 saturated heterocycles. The first-order valence-electron chi connectivity index (χ1n) is 22.4. The van der Waals surface area contributed by atoms with Gasteiger partial charge >= 0.3 is 19.8 Å². The number of aliphatic hydroxyl groups excluding tert-OH is 3. The summed E-state index contributed by atoms with van der Waals surface area (Å²) in [5.74, 6) is 0.759. The molecule has 1 aliphatic carbocycles. The summed E-state index contributed by atoms with van der Waals surface area (Å²) in [6, 6.07) is 0. The van der Waals surface area contributed by atoms with Gasteiger partial charge in [0.25, 0.3) is 0 Å². The molecule has 14 heteroatoms. The standard InChI is InChI=1S/C45H78NO12P/c1-5-7-15-21-36(47)27-28-39-38(40(48)31-41(39)49)22-17-13-14-20-26-45(51)57-37(33-56-59(52,53)55-30-29-46)32-54-44(50)25-19-12-10-9-11-18-24-43-35(4)34(3)42(58-43)23-16-8-6-2/h13,17,27-28,36-41,47-49H,5-12,14-16,18-26,29-33,46H2,1-4H3,(H,52,53)/b17-13+,28-27+/t36-,37+,38+,39+,40-,41+/m0/s1. The first-order valence-corrected chi connectivity index (χ1v) is 23.9. The second kappa shape index (κ2) is 30.6. The number of rotatable bonds is 34. The van der Waals surface area contributed by atoms with Crippen LogP contribution in [-0.2, 0) is 45.5 Å². The van der Waals surface area contributed by atoms with Crippen LogP contribution in [0.3, 0.4) is 0 Å². The average Bonchev–Trinajstić information content (AvgIpc) is 3.63. The molecule has 340 valence electrons. The highest BCUT2D eigenvalue weighted by atomic mass is 31.2. The molecule has 13 nitrogen and oxygen atoms in total. The first-order chi connectivity index (χ1) is 28.3. The van der Waals surface area contributed by atoms with Crippen molar-refractivity contribution in [3.8, 4) is 0 Å². The number of allylic oxidation sites excluding steroid dienone is 2. The Bertz CT molecular complexity index is 1410. The van der Waals surface area contributed by atoms with Gasteiger partial charge in [-0.25, -0.2) is 4.57 Å². The average molecular weight is 856 g/mol. The van der Waals surface area contributed by atoms with Crippen molar-refractivity contribution in [1.82, 2.24) is 0 Å². The first kappa shape index (κ1) is 52.8. The molecule has 0 aliphatic heterocycles. The van der Waals surface area contributed by atoms with Crippen molar-refractivity contribution >= 4 is 19.8 Å². The van der Waals surface area contributed by atoms with Gasteiger partial charge in [-0.05, 0) is 75.8 Å². The minimum absolute atomic E-state index is 0.00686. The summed E-state index contributed by atoms with van der Waals surface area (Å²) in [5.41, 5.74) is 7.92. The highest BCUT2D eigenvalue weighted by molar-refractivity contribution is 7.47. The van der Waals surface area contributed by atoms with Gasteiger partial charge < -0.3 is 39.8 Å². The summed E-state index contributed by atoms with van der Waals surface area (Å²) in [7, 11) is -4.46. The summed E-state index contributed by atoms with van der Waals surface area (Å²) >= 11 is 0. The van der Waals surface area contributed by atoms with Crippen molar-refractivity contribution in [2.75, 3.05) is 26.4 Å². The van der Waals surface area contributed by atoms with Gasteiger partial charge in [-0.2, -0.15) is 0 Å². The number of ether oxygens (including phenoxy) is 2. The predicted octanol–water partition coefficient (Wildman–Crippen LogP) is 8.42. The molecular weight excluding hydrogens is 777 g/mol. The molecule has 0 spiro atoms. The van der Waals surface area contributed by atoms with Crippen LogP contribution in [0.25, 0.3) is 0 Å². The van der Waals surface area contributed by atoms with Crippen LogP contribution in [0.2, 0.25) is 0 Å². The lowest BCUT2D eigenvalue weighted by molar-refractivity contribution is -0.161. The number of hydrogen-bond acceptors (Lipinski definition) is 12. The largest absolute Gasteiger partial charge is 0.472 e. The number of carbonyl (C=O) groups excluding carboxylic acids is 2. The monoisotopic (exact) mass is 856 g/mol. The molecule has 1 heterocycles. The van der Waals surface area contributed by atoms with Crippen molar-refractivity contribution < 1.29 is 57.3 Å². The molecule has 7 atom stereocenters. The van der Waals surface area contributed by atoms with Crippen LogP contribution < -0.4 is 5.73 Å². The SMILES string of the molecule is CCCCCc1oc(CCCCCCCCC(=O)OC[C@H](COP(=O)(O)OCCN)OC(=O)CCC/C=C/C[C@@H]2[C@@H](/C=C/[C@@H](O)CCCCC)[C@H](O)C[C@@H]2O)c(C)c1C. The molecule has 0 bridgehead atoms. The summed E-state index contributed by atoms with van der Waals surface area (Å²) in [4.78, 5) is 35.2. The smallest absolute Gasteiger partial charge is 0.466 e. The van der Waals surface area contributed by atoms with E-state index in [1.807, 2.05) is 18.2 Å². The molecule has 1 aromatic rings. The zero-order valence-electron chi connectivity index (χ0n) is 36.5. The van der Waals surface area contributed by atoms with E-state index in [1.54, 1.807) is 6.08 Å². The third-order valence-electron chi connectivity index (χ3n) is 11.1. The number of esters is 2. The van der Waals surface area contributed by atoms with Crippen molar-refractivity contribution in [1.29, 1.82) is 0 Å². The zero-order valence-corrected chi connectivity index (χ0v) is 37.4. The molecule has 1 saturated carbocycles. The fourth-order valence-corrected chi connectivity index (χ4v) is 8.16. The zero-order chi connectivity index (χ0) is 43.5. The third kappa shape index (κ3) is 22.4. The number of carbonyl (C=O) groups is 2. The molecule has 59 heavy (non-hydrogen) atoms. The Kier molecular flexibility index (Phi) is 27.4. The molecule has 2 rings (SSSR count). The van der Waals surface area contributed by atoms with E-state index in [1.165, 1.54) is 24.0 Å². The van der Waals surface area contributed by atoms with Crippen molar-refractivity contribution in [2.45, 2.75) is 187 Å². The third-order valence-corrected chi connectivity index (χ3v) is 12.1. The van der Waals surface area contributed by atoms with E-state index < -0.39 is 50.8 Å². The second-order valence-corrected chi connectivity index (χ2v) is 17.6. The minimum atomic E-state index is -4.46. The van der Waals surface area contributed by atoms with Crippen LogP contribution in [-0.4, -0.2) is 82.9 Å². The fourth-order valence-electron chi connectivity index (χ4n) is 7.39. The van der Waals surface area contributed by atoms with Gasteiger partial charge in [0.1, 0.15) is 18.1 Å². The van der Waals surface area contributed by atoms with Gasteiger partial charge in [0.2, 0.25) is 0 Å². The number of aliphatic hydroxyl groups is 3. The van der Waals surface area contributed by atoms with Gasteiger partial charge in [-0.3, -0.25) is 18.6 Å². The highest BCUT2D eigenvalue weighted by Gasteiger charge is 2.39. The van der Waals surface area contributed by atoms with Crippen molar-refractivity contribution in [3.05, 3.63) is 47.0 Å². The maximum Gasteiger partial charge on any atom is 0.472 e. The Morgan fingerprint density at radius 2 is 1.46 bits per heavy atom. The molecule has 1 aromatic heterocycles. The number of nitrogens with two attached hydrogens (primary N) is 1. The van der Waals surface area contributed by atoms with E-state index in [9.17, 15) is 34.4 Å². The number of phosphoric ester groups is 1. The Balaban J connectivity index is 1.73. The Labute approximate surface area is 354 Å². The summed E-state index contributed by atoms with van der Waals surface area (Å²) in [6.45, 7) is 7.57. The second-order valence-electron chi connectivity index (χ2n) is 16.1. The normalized spacial score (nSPS) is 20.4. The van der Waals surface area contributed by atoms with Crippen LogP contribution in [0.15, 0.2) is 28.7 Å². The minimum Gasteiger partial charge on any atom is -0.466 e. The van der Waals surface area contributed by atoms with Crippen LogP contribution in [0.5, 0.6) is 0 Å². The molecule has 6 N–H and O–H groups in total. The van der Waals surface area contributed by atoms with E-state index in [0.717, 1.165) is 82.1 Å². The van der Waals surface area contributed by atoms with E-state index >= 15 is 0 Å². The molecule has 0 aromatic carbocycles. The van der Waals surface area contributed by atoms with E-state index in [0.29, 0.717) is 32.1 Å². The maximum absolute atomic E-state index is 12.7. The maximum atomic E-state index is 12.7. The lowest BCUT2D eigenvalue weighted by Gasteiger charge is -2.20. The van der Waals surface area contributed by atoms with E-state index in [4.69, 9.17) is 28.7 Å². The predicted molar refractivity (Wildman–Crippen MR) is 230 cm³/mol. The Morgan fingerprint density at radius 3 is 2.14 bits per heavy atom. The van der Waals surface area contributed by atoms with Crippen molar-refractivity contribution in [3.63, 3.8) is 0 Å². The van der Waals surface area contributed by atoms with Crippen LogP contribution in [0.4, 0.5) is 0 Å². The molecule has 1 aliphatic rings. The molecule has 0 radical (unpaired) electrons. The van der Waals surface area contributed by atoms with Gasteiger partial charge in [0.05, 0.1) is 31.5 Å². The topological polar surface area (TPSA) is 208 Å². The quantitative estimate of drug-likeness (QED) is 0.0191. The van der Waals surface area contributed by atoms with Crippen molar-refractivity contribution in [2.24, 2.45) is 17.6 Å². The summed E-state index contributed by atoms with van der Waals surface area (Å²) < 4.78 is 39.0. The highest BCUT2D eigenvalue weighted by Crippen LogP contribution is 2.43. The molecule has 1 fully saturated rings. The summed E-state index contributed by atoms with van der Waals surface area (Å²) in [5, 5.41) is 31.3. The lowest BCUT2D eigenvalue weighted by atomic mass is 9.89.